The van der Waals surface area contributed by atoms with Crippen LogP contribution in [0.25, 0.3) is 11.4 Å². The predicted molar refractivity (Wildman–Crippen MR) is 114 cm³/mol. The van der Waals surface area contributed by atoms with E-state index in [0.717, 1.165) is 48.4 Å². The first-order valence-electron chi connectivity index (χ1n) is 10.7. The number of ether oxygens (including phenoxy) is 2. The number of aryl methyl sites for hydroxylation is 1. The summed E-state index contributed by atoms with van der Waals surface area (Å²) in [7, 11) is 0. The number of carbonyl (C=O) groups is 1. The second-order valence-corrected chi connectivity index (χ2v) is 8.01. The zero-order valence-corrected chi connectivity index (χ0v) is 17.5. The summed E-state index contributed by atoms with van der Waals surface area (Å²) < 4.78 is 11.6. The van der Waals surface area contributed by atoms with E-state index in [2.05, 4.69) is 15.4 Å². The van der Waals surface area contributed by atoms with Crippen LogP contribution in [-0.4, -0.2) is 50.8 Å². The Morgan fingerprint density at radius 2 is 1.87 bits per heavy atom. The molecule has 1 atom stereocenters. The summed E-state index contributed by atoms with van der Waals surface area (Å²) in [4.78, 5) is 16.4. The minimum atomic E-state index is -0.0116. The molecule has 1 saturated heterocycles. The maximum absolute atomic E-state index is 13.1. The number of hydrogen-bond acceptors (Lipinski definition) is 6. The van der Waals surface area contributed by atoms with Crippen LogP contribution in [0.4, 0.5) is 0 Å². The van der Waals surface area contributed by atoms with E-state index in [1.807, 2.05) is 54.3 Å². The van der Waals surface area contributed by atoms with Gasteiger partial charge in [0.1, 0.15) is 6.54 Å². The quantitative estimate of drug-likeness (QED) is 0.646. The van der Waals surface area contributed by atoms with Crippen molar-refractivity contribution in [2.24, 2.45) is 0 Å². The third-order valence-electron chi connectivity index (χ3n) is 5.77. The van der Waals surface area contributed by atoms with Gasteiger partial charge < -0.3 is 14.4 Å². The lowest BCUT2D eigenvalue weighted by Gasteiger charge is -2.25. The van der Waals surface area contributed by atoms with Crippen molar-refractivity contribution in [1.29, 1.82) is 0 Å². The lowest BCUT2D eigenvalue weighted by Crippen LogP contribution is -2.34. The number of benzene rings is 2. The topological polar surface area (TPSA) is 82.4 Å². The molecule has 2 aromatic carbocycles. The second-order valence-electron chi connectivity index (χ2n) is 8.01. The second kappa shape index (κ2) is 8.37. The molecule has 0 saturated carbocycles. The average Bonchev–Trinajstić information content (AvgIpc) is 3.39. The summed E-state index contributed by atoms with van der Waals surface area (Å²) in [6.45, 7) is 4.13. The van der Waals surface area contributed by atoms with Crippen molar-refractivity contribution in [1.82, 2.24) is 25.1 Å². The van der Waals surface area contributed by atoms with Crippen LogP contribution in [-0.2, 0) is 11.3 Å². The van der Waals surface area contributed by atoms with Gasteiger partial charge in [0.05, 0.1) is 19.3 Å². The number of amides is 1. The highest BCUT2D eigenvalue weighted by molar-refractivity contribution is 5.76. The number of tetrazole rings is 1. The number of hydrogen-bond donors (Lipinski definition) is 0. The molecular formula is C23H25N5O3. The lowest BCUT2D eigenvalue weighted by atomic mass is 10.0. The van der Waals surface area contributed by atoms with Crippen molar-refractivity contribution in [3.05, 3.63) is 53.6 Å². The molecule has 3 aromatic rings. The average molecular weight is 419 g/mol. The molecule has 31 heavy (non-hydrogen) atoms. The van der Waals surface area contributed by atoms with E-state index in [0.29, 0.717) is 19.0 Å². The van der Waals surface area contributed by atoms with Crippen LogP contribution in [0.15, 0.2) is 42.5 Å². The number of nitrogens with zero attached hydrogens (tertiary/aromatic N) is 5. The van der Waals surface area contributed by atoms with Crippen molar-refractivity contribution in [2.75, 3.05) is 19.8 Å². The molecule has 160 valence electrons. The molecule has 8 heteroatoms. The summed E-state index contributed by atoms with van der Waals surface area (Å²) in [5.41, 5.74) is 3.12. The normalized spacial score (nSPS) is 18.1. The highest BCUT2D eigenvalue weighted by Gasteiger charge is 2.31. The fourth-order valence-corrected chi connectivity index (χ4v) is 4.14. The highest BCUT2D eigenvalue weighted by atomic mass is 16.5. The Morgan fingerprint density at radius 3 is 2.71 bits per heavy atom. The van der Waals surface area contributed by atoms with Crippen LogP contribution in [0, 0.1) is 6.92 Å². The highest BCUT2D eigenvalue weighted by Crippen LogP contribution is 2.38. The van der Waals surface area contributed by atoms with Gasteiger partial charge in [0, 0.05) is 18.5 Å². The zero-order chi connectivity index (χ0) is 21.2. The van der Waals surface area contributed by atoms with Gasteiger partial charge in [-0.05, 0) is 42.7 Å². The minimum absolute atomic E-state index is 0.0116. The first kappa shape index (κ1) is 19.5. The predicted octanol–water partition coefficient (Wildman–Crippen LogP) is 3.17. The largest absolute Gasteiger partial charge is 0.490 e. The van der Waals surface area contributed by atoms with Crippen LogP contribution in [0.5, 0.6) is 11.5 Å². The number of likely N-dealkylation sites (tertiary alicyclic amines) is 1. The van der Waals surface area contributed by atoms with E-state index in [1.54, 1.807) is 0 Å². The molecule has 0 unspecified atom stereocenters. The molecule has 1 amide bonds. The van der Waals surface area contributed by atoms with E-state index < -0.39 is 0 Å². The van der Waals surface area contributed by atoms with E-state index in [1.165, 1.54) is 10.4 Å². The first-order valence-corrected chi connectivity index (χ1v) is 10.7. The smallest absolute Gasteiger partial charge is 0.246 e. The van der Waals surface area contributed by atoms with Crippen molar-refractivity contribution in [3.63, 3.8) is 0 Å². The van der Waals surface area contributed by atoms with Crippen LogP contribution in [0.1, 0.15) is 36.4 Å². The van der Waals surface area contributed by atoms with Gasteiger partial charge in [-0.3, -0.25) is 4.79 Å². The third-order valence-corrected chi connectivity index (χ3v) is 5.77. The monoisotopic (exact) mass is 419 g/mol. The number of fused-ring (bicyclic) bond motifs is 1. The number of carbonyl (C=O) groups excluding carboxylic acids is 1. The van der Waals surface area contributed by atoms with E-state index in [4.69, 9.17) is 9.47 Å². The summed E-state index contributed by atoms with van der Waals surface area (Å²) in [6.07, 6.45) is 2.75. The summed E-state index contributed by atoms with van der Waals surface area (Å²) >= 11 is 0. The number of rotatable bonds is 4. The van der Waals surface area contributed by atoms with Gasteiger partial charge in [0.15, 0.2) is 11.5 Å². The zero-order valence-electron chi connectivity index (χ0n) is 17.5. The molecule has 2 aliphatic rings. The summed E-state index contributed by atoms with van der Waals surface area (Å²) in [5.74, 6) is 2.04. The van der Waals surface area contributed by atoms with E-state index >= 15 is 0 Å². The number of aromatic nitrogens is 4. The Labute approximate surface area is 180 Å². The SMILES string of the molecule is Cc1ccc(-c2nnn(CC(=O)N3CCC[C@H]3c3ccc4c(c3)OCCCO4)n2)cc1. The first-order chi connectivity index (χ1) is 15.2. The van der Waals surface area contributed by atoms with Gasteiger partial charge in [-0.15, -0.1) is 10.2 Å². The van der Waals surface area contributed by atoms with Crippen molar-refractivity contribution >= 4 is 5.91 Å². The molecule has 8 nitrogen and oxygen atoms in total. The van der Waals surface area contributed by atoms with E-state index in [-0.39, 0.29) is 18.5 Å². The molecule has 3 heterocycles. The summed E-state index contributed by atoms with van der Waals surface area (Å²) in [6, 6.07) is 13.9. The summed E-state index contributed by atoms with van der Waals surface area (Å²) in [5, 5.41) is 12.6. The van der Waals surface area contributed by atoms with Gasteiger partial charge in [0.2, 0.25) is 11.7 Å². The fraction of sp³-hybridized carbons (Fsp3) is 0.391. The Balaban J connectivity index is 1.30. The molecule has 5 rings (SSSR count). The molecule has 2 aliphatic heterocycles. The van der Waals surface area contributed by atoms with Gasteiger partial charge in [0.25, 0.3) is 0 Å². The molecule has 1 fully saturated rings. The van der Waals surface area contributed by atoms with Gasteiger partial charge >= 0.3 is 0 Å². The molecule has 0 radical (unpaired) electrons. The molecule has 0 spiro atoms. The Kier molecular flexibility index (Phi) is 5.28. The fourth-order valence-electron chi connectivity index (χ4n) is 4.14. The maximum atomic E-state index is 13.1. The van der Waals surface area contributed by atoms with Crippen molar-refractivity contribution < 1.29 is 14.3 Å². The minimum Gasteiger partial charge on any atom is -0.490 e. The molecule has 1 aromatic heterocycles. The van der Waals surface area contributed by atoms with Crippen LogP contribution in [0.2, 0.25) is 0 Å². The molecular weight excluding hydrogens is 394 g/mol. The standard InChI is InChI=1S/C23H25N5O3/c1-16-5-7-17(8-6-16)23-24-26-28(25-23)15-22(29)27-11-2-4-19(27)18-9-10-20-21(14-18)31-13-3-12-30-20/h5-10,14,19H,2-4,11-13,15H2,1H3/t19-/m0/s1. The van der Waals surface area contributed by atoms with Crippen LogP contribution >= 0.6 is 0 Å². The van der Waals surface area contributed by atoms with Crippen LogP contribution in [0.3, 0.4) is 0 Å². The Bertz CT molecular complexity index is 1080. The molecule has 0 aliphatic carbocycles. The van der Waals surface area contributed by atoms with Gasteiger partial charge in [-0.2, -0.15) is 4.80 Å². The van der Waals surface area contributed by atoms with Crippen molar-refractivity contribution in [2.45, 2.75) is 38.8 Å². The molecule has 0 N–H and O–H groups in total. The Hall–Kier alpha value is -3.42. The van der Waals surface area contributed by atoms with Crippen molar-refractivity contribution in [3.8, 4) is 22.9 Å². The maximum Gasteiger partial charge on any atom is 0.246 e. The third kappa shape index (κ3) is 4.10. The lowest BCUT2D eigenvalue weighted by molar-refractivity contribution is -0.133. The van der Waals surface area contributed by atoms with E-state index in [9.17, 15) is 4.79 Å². The van der Waals surface area contributed by atoms with Gasteiger partial charge in [-0.25, -0.2) is 0 Å². The molecule has 0 bridgehead atoms. The Morgan fingerprint density at radius 1 is 1.06 bits per heavy atom. The van der Waals surface area contributed by atoms with Gasteiger partial charge in [-0.1, -0.05) is 35.9 Å². The van der Waals surface area contributed by atoms with Crippen LogP contribution < -0.4 is 9.47 Å².